The predicted octanol–water partition coefficient (Wildman–Crippen LogP) is 7.05. The van der Waals surface area contributed by atoms with Gasteiger partial charge in [0.2, 0.25) is 0 Å². The minimum Gasteiger partial charge on any atom is -0.328 e. The molecule has 0 saturated heterocycles. The number of nitrogens with one attached hydrogen (secondary N) is 1. The average Bonchev–Trinajstić information content (AvgIpc) is 3.29. The molecular weight excluding hydrogens is 402 g/mol. The van der Waals surface area contributed by atoms with E-state index in [1.165, 1.54) is 54.1 Å². The summed E-state index contributed by atoms with van der Waals surface area (Å²) < 4.78 is 0. The smallest absolute Gasteiger partial charge is 0.328 e. The van der Waals surface area contributed by atoms with Crippen LogP contribution in [0.5, 0.6) is 0 Å². The van der Waals surface area contributed by atoms with Gasteiger partial charge in [-0.3, -0.25) is 0 Å². The van der Waals surface area contributed by atoms with Crippen molar-refractivity contribution in [2.75, 3.05) is 0 Å². The lowest BCUT2D eigenvalue weighted by Gasteiger charge is -2.32. The third kappa shape index (κ3) is 3.80. The van der Waals surface area contributed by atoms with Crippen LogP contribution < -0.4 is 5.32 Å². The lowest BCUT2D eigenvalue weighted by molar-refractivity contribution is 0.242. The number of carbonyl (C=O) groups is 1. The number of carbonyl (C=O) groups excluding carboxylic acids is 1. The second-order valence-corrected chi connectivity index (χ2v) is 9.70. The normalized spacial score (nSPS) is 22.4. The Morgan fingerprint density at radius 1 is 1.10 bits per heavy atom. The molecule has 1 saturated carbocycles. The molecule has 2 atom stereocenters. The zero-order valence-electron chi connectivity index (χ0n) is 18.2. The Bertz CT molecular complexity index is 1140. The molecule has 0 spiro atoms. The van der Waals surface area contributed by atoms with Crippen molar-refractivity contribution in [3.05, 3.63) is 63.6 Å². The van der Waals surface area contributed by atoms with Crippen molar-refractivity contribution in [3.8, 4) is 0 Å². The molecular formula is C26H29N3OS. The van der Waals surface area contributed by atoms with Gasteiger partial charge in [0, 0.05) is 17.0 Å². The number of fused-ring (bicyclic) bond motifs is 1. The van der Waals surface area contributed by atoms with Gasteiger partial charge in [0.15, 0.2) is 0 Å². The number of hydrogen-bond acceptors (Lipinski definition) is 3. The van der Waals surface area contributed by atoms with E-state index < -0.39 is 0 Å². The first-order valence-electron chi connectivity index (χ1n) is 11.5. The Morgan fingerprint density at radius 2 is 1.90 bits per heavy atom. The van der Waals surface area contributed by atoms with E-state index in [1.807, 2.05) is 0 Å². The minimum absolute atomic E-state index is 0.00935. The van der Waals surface area contributed by atoms with Crippen molar-refractivity contribution in [2.45, 2.75) is 70.3 Å². The summed E-state index contributed by atoms with van der Waals surface area (Å²) in [5, 5.41) is 8.97. The molecule has 2 aliphatic rings. The highest BCUT2D eigenvalue weighted by atomic mass is 32.1. The summed E-state index contributed by atoms with van der Waals surface area (Å²) in [6, 6.07) is 12.4. The van der Waals surface area contributed by atoms with Crippen molar-refractivity contribution in [1.82, 2.24) is 10.3 Å². The monoisotopic (exact) mass is 431 g/mol. The highest BCUT2D eigenvalue weighted by Gasteiger charge is 2.37. The summed E-state index contributed by atoms with van der Waals surface area (Å²) in [7, 11) is 0. The van der Waals surface area contributed by atoms with E-state index in [2.05, 4.69) is 65.9 Å². The van der Waals surface area contributed by atoms with Crippen LogP contribution in [0, 0.1) is 6.92 Å². The number of aryl methyl sites for hydroxylation is 1. The van der Waals surface area contributed by atoms with Crippen LogP contribution in [-0.4, -0.2) is 16.7 Å². The molecule has 1 aromatic heterocycles. The van der Waals surface area contributed by atoms with E-state index in [4.69, 9.17) is 4.98 Å². The van der Waals surface area contributed by atoms with Crippen LogP contribution >= 0.6 is 11.3 Å². The van der Waals surface area contributed by atoms with Gasteiger partial charge in [-0.15, -0.1) is 11.3 Å². The number of thiazole rings is 1. The fraction of sp³-hybridized carbons (Fsp3) is 0.423. The molecule has 2 aromatic carbocycles. The summed E-state index contributed by atoms with van der Waals surface area (Å²) in [6.07, 6.45) is 7.19. The molecule has 2 amide bonds. The molecule has 5 heteroatoms. The molecule has 5 rings (SSSR count). The maximum Gasteiger partial charge on any atom is 0.341 e. The number of urea groups is 1. The van der Waals surface area contributed by atoms with Crippen LogP contribution in [0.3, 0.4) is 0 Å². The number of aliphatic imine (C=N–C) groups is 1. The van der Waals surface area contributed by atoms with E-state index in [9.17, 15) is 4.79 Å². The van der Waals surface area contributed by atoms with Gasteiger partial charge in [-0.2, -0.15) is 0 Å². The van der Waals surface area contributed by atoms with Crippen LogP contribution in [0.2, 0.25) is 0 Å². The molecule has 4 nitrogen and oxygen atoms in total. The molecule has 1 aliphatic carbocycles. The van der Waals surface area contributed by atoms with Gasteiger partial charge in [0.1, 0.15) is 5.01 Å². The first-order chi connectivity index (χ1) is 15.2. The van der Waals surface area contributed by atoms with Gasteiger partial charge < -0.3 is 5.32 Å². The summed E-state index contributed by atoms with van der Waals surface area (Å²) >= 11 is 1.73. The van der Waals surface area contributed by atoms with Gasteiger partial charge >= 0.3 is 6.03 Å². The molecule has 0 bridgehead atoms. The quantitative estimate of drug-likeness (QED) is 0.481. The van der Waals surface area contributed by atoms with E-state index in [0.29, 0.717) is 5.92 Å². The van der Waals surface area contributed by atoms with E-state index in [1.54, 1.807) is 11.3 Å². The first-order valence-corrected chi connectivity index (χ1v) is 12.3. The van der Waals surface area contributed by atoms with Crippen molar-refractivity contribution < 1.29 is 4.79 Å². The van der Waals surface area contributed by atoms with Gasteiger partial charge in [-0.05, 0) is 48.1 Å². The molecule has 2 unspecified atom stereocenters. The standard InChI is InChI=1S/C26H29N3OS/c1-3-21-23(25-27-22(15-31-25)18-10-5-4-6-11-18)24(29-26(30)28-21)20-14-13-17-9-7-8-12-19(17)16(20)2/h7-9,12-15,18,23-24H,3-6,10-11H2,1-2H3,(H,29,30). The SMILES string of the molecule is CCC1=NC(=O)NC(c2ccc3ccccc3c2C)C1c1nc(C2CCCCC2)cs1. The van der Waals surface area contributed by atoms with Crippen LogP contribution in [0.1, 0.15) is 85.2 Å². The van der Waals surface area contributed by atoms with Crippen LogP contribution in [-0.2, 0) is 0 Å². The first kappa shape index (κ1) is 20.4. The third-order valence-electron chi connectivity index (χ3n) is 6.98. The number of amides is 2. The van der Waals surface area contributed by atoms with Gasteiger partial charge in [0.05, 0.1) is 17.7 Å². The largest absolute Gasteiger partial charge is 0.341 e. The number of benzene rings is 2. The summed E-state index contributed by atoms with van der Waals surface area (Å²) in [5.74, 6) is 0.574. The predicted molar refractivity (Wildman–Crippen MR) is 128 cm³/mol. The zero-order chi connectivity index (χ0) is 21.4. The van der Waals surface area contributed by atoms with Crippen molar-refractivity contribution >= 4 is 33.9 Å². The van der Waals surface area contributed by atoms with E-state index >= 15 is 0 Å². The average molecular weight is 432 g/mol. The van der Waals surface area contributed by atoms with Crippen LogP contribution in [0.15, 0.2) is 46.8 Å². The molecule has 1 fully saturated rings. The molecule has 3 aromatic rings. The van der Waals surface area contributed by atoms with Gasteiger partial charge in [-0.1, -0.05) is 62.6 Å². The van der Waals surface area contributed by atoms with E-state index in [-0.39, 0.29) is 18.0 Å². The number of rotatable bonds is 4. The number of hydrogen-bond donors (Lipinski definition) is 1. The third-order valence-corrected chi connectivity index (χ3v) is 7.93. The van der Waals surface area contributed by atoms with Gasteiger partial charge in [0.25, 0.3) is 0 Å². The molecule has 1 aliphatic heterocycles. The fourth-order valence-corrected chi connectivity index (χ4v) is 6.36. The fourth-order valence-electron chi connectivity index (χ4n) is 5.29. The Hall–Kier alpha value is -2.53. The van der Waals surface area contributed by atoms with Crippen LogP contribution in [0.25, 0.3) is 10.8 Å². The molecule has 1 N–H and O–H groups in total. The molecule has 31 heavy (non-hydrogen) atoms. The number of nitrogens with zero attached hydrogens (tertiary/aromatic N) is 2. The number of aromatic nitrogens is 1. The maximum atomic E-state index is 12.5. The van der Waals surface area contributed by atoms with Crippen molar-refractivity contribution in [3.63, 3.8) is 0 Å². The zero-order valence-corrected chi connectivity index (χ0v) is 19.0. The second kappa shape index (κ2) is 8.54. The second-order valence-electron chi connectivity index (χ2n) is 8.81. The summed E-state index contributed by atoms with van der Waals surface area (Å²) in [6.45, 7) is 4.25. The lowest BCUT2D eigenvalue weighted by atomic mass is 9.83. The van der Waals surface area contributed by atoms with Gasteiger partial charge in [-0.25, -0.2) is 14.8 Å². The van der Waals surface area contributed by atoms with Crippen LogP contribution in [0.4, 0.5) is 4.79 Å². The summed E-state index contributed by atoms with van der Waals surface area (Å²) in [5.41, 5.74) is 4.55. The Morgan fingerprint density at radius 3 is 2.71 bits per heavy atom. The Balaban J connectivity index is 1.58. The Kier molecular flexibility index (Phi) is 5.61. The Labute approximate surface area is 187 Å². The van der Waals surface area contributed by atoms with Crippen molar-refractivity contribution in [1.29, 1.82) is 0 Å². The highest BCUT2D eigenvalue weighted by Crippen LogP contribution is 2.41. The molecule has 0 radical (unpaired) electrons. The maximum absolute atomic E-state index is 12.5. The summed E-state index contributed by atoms with van der Waals surface area (Å²) in [4.78, 5) is 22.0. The lowest BCUT2D eigenvalue weighted by Crippen LogP contribution is -2.39. The van der Waals surface area contributed by atoms with Crippen molar-refractivity contribution in [2.24, 2.45) is 4.99 Å². The molecule has 2 heterocycles. The molecule has 160 valence electrons. The highest BCUT2D eigenvalue weighted by molar-refractivity contribution is 7.09. The minimum atomic E-state index is -0.241. The topological polar surface area (TPSA) is 54.4 Å². The van der Waals surface area contributed by atoms with E-state index in [0.717, 1.165) is 22.7 Å².